The lowest BCUT2D eigenvalue weighted by Gasteiger charge is -2.36. The van der Waals surface area contributed by atoms with Crippen LogP contribution in [0.1, 0.15) is 95.1 Å². The topological polar surface area (TPSA) is 87.1 Å². The molecule has 0 radical (unpaired) electrons. The summed E-state index contributed by atoms with van der Waals surface area (Å²) < 4.78 is 6.29. The standard InChI is InChI=1S/C34H39NO5/c36-33(37)10-3-4-20-35(31-8-5-7-28-22-29(34(38)39)17-18-30(28)31)21-19-27-6-1-2-9-32(27)40-23-24-11-13-25(14-12-24)26-15-16-26/h1-2,6,9,11-14,17-18,22,26,31H,3-5,7-8,10,15-16,19-21,23H2,(H,36,37)(H,38,39)/t31-/m1/s1. The highest BCUT2D eigenvalue weighted by Crippen LogP contribution is 2.40. The smallest absolute Gasteiger partial charge is 0.335 e. The van der Waals surface area contributed by atoms with Gasteiger partial charge in [0.25, 0.3) is 0 Å². The van der Waals surface area contributed by atoms with Gasteiger partial charge in [0.15, 0.2) is 0 Å². The van der Waals surface area contributed by atoms with E-state index in [0.717, 1.165) is 68.0 Å². The Morgan fingerprint density at radius 2 is 1.70 bits per heavy atom. The van der Waals surface area contributed by atoms with Gasteiger partial charge in [0.1, 0.15) is 12.4 Å². The molecule has 3 aromatic carbocycles. The quantitative estimate of drug-likeness (QED) is 0.213. The first-order valence-electron chi connectivity index (χ1n) is 14.6. The number of hydrogen-bond acceptors (Lipinski definition) is 4. The predicted octanol–water partition coefficient (Wildman–Crippen LogP) is 7.02. The van der Waals surface area contributed by atoms with Crippen molar-refractivity contribution in [2.45, 2.75) is 76.4 Å². The fourth-order valence-electron chi connectivity index (χ4n) is 5.89. The Kier molecular flexibility index (Phi) is 9.17. The lowest BCUT2D eigenvalue weighted by molar-refractivity contribution is -0.137. The van der Waals surface area contributed by atoms with E-state index in [-0.39, 0.29) is 12.5 Å². The van der Waals surface area contributed by atoms with E-state index in [4.69, 9.17) is 9.84 Å². The maximum absolute atomic E-state index is 11.5. The highest BCUT2D eigenvalue weighted by molar-refractivity contribution is 5.88. The molecule has 1 fully saturated rings. The van der Waals surface area contributed by atoms with E-state index in [2.05, 4.69) is 35.2 Å². The second-order valence-electron chi connectivity index (χ2n) is 11.2. The van der Waals surface area contributed by atoms with E-state index >= 15 is 0 Å². The molecule has 40 heavy (non-hydrogen) atoms. The van der Waals surface area contributed by atoms with E-state index in [9.17, 15) is 14.7 Å². The van der Waals surface area contributed by atoms with Crippen molar-refractivity contribution < 1.29 is 24.5 Å². The van der Waals surface area contributed by atoms with E-state index in [0.29, 0.717) is 18.6 Å². The fraction of sp³-hybridized carbons (Fsp3) is 0.412. The monoisotopic (exact) mass is 541 g/mol. The van der Waals surface area contributed by atoms with Crippen molar-refractivity contribution in [1.29, 1.82) is 0 Å². The first-order chi connectivity index (χ1) is 19.5. The average Bonchev–Trinajstić information content (AvgIpc) is 3.81. The Labute approximate surface area is 236 Å². The Balaban J connectivity index is 1.27. The summed E-state index contributed by atoms with van der Waals surface area (Å²) in [5.41, 5.74) is 6.40. The van der Waals surface area contributed by atoms with Gasteiger partial charge in [-0.1, -0.05) is 48.5 Å². The number of aryl methyl sites for hydroxylation is 1. The van der Waals surface area contributed by atoms with Gasteiger partial charge in [-0.15, -0.1) is 0 Å². The van der Waals surface area contributed by atoms with Gasteiger partial charge in [-0.05, 0) is 110 Å². The van der Waals surface area contributed by atoms with Crippen LogP contribution in [0.5, 0.6) is 5.75 Å². The highest BCUT2D eigenvalue weighted by Gasteiger charge is 2.27. The second-order valence-corrected chi connectivity index (χ2v) is 11.2. The number of carbonyl (C=O) groups is 2. The molecule has 0 unspecified atom stereocenters. The average molecular weight is 542 g/mol. The molecule has 6 nitrogen and oxygen atoms in total. The maximum atomic E-state index is 11.5. The Morgan fingerprint density at radius 3 is 2.45 bits per heavy atom. The summed E-state index contributed by atoms with van der Waals surface area (Å²) in [5.74, 6) is -0.0113. The van der Waals surface area contributed by atoms with Gasteiger partial charge in [0.05, 0.1) is 5.56 Å². The first-order valence-corrected chi connectivity index (χ1v) is 14.6. The van der Waals surface area contributed by atoms with E-state index in [1.165, 1.54) is 29.5 Å². The van der Waals surface area contributed by atoms with Crippen LogP contribution in [-0.4, -0.2) is 40.1 Å². The van der Waals surface area contributed by atoms with Gasteiger partial charge < -0.3 is 14.9 Å². The molecule has 0 aliphatic heterocycles. The molecule has 2 N–H and O–H groups in total. The van der Waals surface area contributed by atoms with Crippen molar-refractivity contribution in [3.63, 3.8) is 0 Å². The molecule has 0 aromatic heterocycles. The van der Waals surface area contributed by atoms with Crippen molar-refractivity contribution in [1.82, 2.24) is 4.90 Å². The zero-order valence-electron chi connectivity index (χ0n) is 23.1. The molecule has 6 heteroatoms. The lowest BCUT2D eigenvalue weighted by atomic mass is 9.85. The zero-order chi connectivity index (χ0) is 27.9. The lowest BCUT2D eigenvalue weighted by Crippen LogP contribution is -2.34. The molecule has 0 saturated heterocycles. The predicted molar refractivity (Wildman–Crippen MR) is 155 cm³/mol. The summed E-state index contributed by atoms with van der Waals surface area (Å²) >= 11 is 0. The van der Waals surface area contributed by atoms with Crippen molar-refractivity contribution in [3.05, 3.63) is 100 Å². The number of fused-ring (bicyclic) bond motifs is 1. The highest BCUT2D eigenvalue weighted by atomic mass is 16.5. The molecule has 1 atom stereocenters. The van der Waals surface area contributed by atoms with Crippen molar-refractivity contribution in [2.24, 2.45) is 0 Å². The molecule has 1 saturated carbocycles. The Hall–Kier alpha value is -3.64. The summed E-state index contributed by atoms with van der Waals surface area (Å²) in [6.45, 7) is 2.14. The molecule has 0 spiro atoms. The third kappa shape index (κ3) is 7.30. The summed E-state index contributed by atoms with van der Waals surface area (Å²) in [6.07, 6.45) is 7.94. The number of aliphatic carboxylic acids is 1. The first kappa shape index (κ1) is 27.9. The van der Waals surface area contributed by atoms with Gasteiger partial charge >= 0.3 is 11.9 Å². The number of rotatable bonds is 14. The summed E-state index contributed by atoms with van der Waals surface area (Å²) in [5, 5.41) is 18.6. The number of benzene rings is 3. The summed E-state index contributed by atoms with van der Waals surface area (Å²) in [7, 11) is 0. The van der Waals surface area contributed by atoms with E-state index in [1.807, 2.05) is 30.3 Å². The minimum atomic E-state index is -0.897. The molecule has 0 heterocycles. The molecule has 0 amide bonds. The van der Waals surface area contributed by atoms with Crippen LogP contribution < -0.4 is 4.74 Å². The fourth-order valence-corrected chi connectivity index (χ4v) is 5.89. The largest absolute Gasteiger partial charge is 0.489 e. The SMILES string of the molecule is O=C(O)CCCCN(CCc1ccccc1OCc1ccc(C2CC2)cc1)[C@@H]1CCCc2cc(C(=O)O)ccc21. The van der Waals surface area contributed by atoms with Gasteiger partial charge in [-0.3, -0.25) is 9.69 Å². The molecule has 3 aromatic rings. The van der Waals surface area contributed by atoms with Crippen molar-refractivity contribution >= 4 is 11.9 Å². The number of carboxylic acid groups (broad SMARTS) is 2. The van der Waals surface area contributed by atoms with Gasteiger partial charge in [0.2, 0.25) is 0 Å². The van der Waals surface area contributed by atoms with Crippen LogP contribution in [0.15, 0.2) is 66.7 Å². The minimum Gasteiger partial charge on any atom is -0.489 e. The molecule has 0 bridgehead atoms. The molecule has 5 rings (SSSR count). The van der Waals surface area contributed by atoms with Crippen LogP contribution in [0.4, 0.5) is 0 Å². The Morgan fingerprint density at radius 1 is 0.900 bits per heavy atom. The van der Waals surface area contributed by atoms with Crippen LogP contribution in [-0.2, 0) is 24.2 Å². The van der Waals surface area contributed by atoms with Gasteiger partial charge in [-0.2, -0.15) is 0 Å². The van der Waals surface area contributed by atoms with E-state index < -0.39 is 11.9 Å². The minimum absolute atomic E-state index is 0.176. The van der Waals surface area contributed by atoms with E-state index in [1.54, 1.807) is 6.07 Å². The number of para-hydroxylation sites is 1. The molecular formula is C34H39NO5. The number of carboxylic acids is 2. The van der Waals surface area contributed by atoms with Gasteiger partial charge in [-0.25, -0.2) is 4.79 Å². The molecular weight excluding hydrogens is 502 g/mol. The number of ether oxygens (including phenoxy) is 1. The van der Waals surface area contributed by atoms with Crippen LogP contribution in [0.25, 0.3) is 0 Å². The van der Waals surface area contributed by atoms with Crippen molar-refractivity contribution in [3.8, 4) is 5.75 Å². The molecule has 2 aliphatic rings. The van der Waals surface area contributed by atoms with Gasteiger partial charge in [0, 0.05) is 19.0 Å². The third-order valence-corrected chi connectivity index (χ3v) is 8.26. The summed E-state index contributed by atoms with van der Waals surface area (Å²) in [4.78, 5) is 25.1. The van der Waals surface area contributed by atoms with Crippen molar-refractivity contribution in [2.75, 3.05) is 13.1 Å². The second kappa shape index (κ2) is 13.1. The molecule has 2 aliphatic carbocycles. The number of aromatic carboxylic acids is 1. The Bertz CT molecular complexity index is 1310. The number of nitrogens with zero attached hydrogens (tertiary/aromatic N) is 1. The maximum Gasteiger partial charge on any atom is 0.335 e. The zero-order valence-corrected chi connectivity index (χ0v) is 23.1. The normalized spacial score (nSPS) is 16.5. The summed E-state index contributed by atoms with van der Waals surface area (Å²) in [6, 6.07) is 22.7. The number of hydrogen-bond donors (Lipinski definition) is 2. The third-order valence-electron chi connectivity index (χ3n) is 8.26. The van der Waals surface area contributed by atoms with Crippen LogP contribution in [0, 0.1) is 0 Å². The number of unbranched alkanes of at least 4 members (excludes halogenated alkanes) is 1. The van der Waals surface area contributed by atoms with Crippen LogP contribution >= 0.6 is 0 Å². The molecule has 210 valence electrons. The van der Waals surface area contributed by atoms with Crippen LogP contribution in [0.3, 0.4) is 0 Å². The van der Waals surface area contributed by atoms with Crippen LogP contribution in [0.2, 0.25) is 0 Å².